The van der Waals surface area contributed by atoms with Crippen molar-refractivity contribution in [3.05, 3.63) is 46.9 Å². The van der Waals surface area contributed by atoms with E-state index in [1.807, 2.05) is 42.5 Å². The average Bonchev–Trinajstić information content (AvgIpc) is 3.12. The first-order chi connectivity index (χ1) is 14.1. The third kappa shape index (κ3) is 4.94. The summed E-state index contributed by atoms with van der Waals surface area (Å²) in [4.78, 5) is 29.2. The van der Waals surface area contributed by atoms with Crippen LogP contribution in [0.2, 0.25) is 0 Å². The molecule has 4 rings (SSSR count). The maximum atomic E-state index is 12.4. The number of amides is 3. The van der Waals surface area contributed by atoms with Gasteiger partial charge in [0.05, 0.1) is 15.9 Å². The Morgan fingerprint density at radius 2 is 1.79 bits per heavy atom. The van der Waals surface area contributed by atoms with Gasteiger partial charge in [0.15, 0.2) is 5.13 Å². The molecule has 3 aromatic rings. The van der Waals surface area contributed by atoms with Gasteiger partial charge in [0.1, 0.15) is 0 Å². The van der Waals surface area contributed by atoms with Crippen LogP contribution in [0.25, 0.3) is 10.2 Å². The van der Waals surface area contributed by atoms with Crippen molar-refractivity contribution in [1.29, 1.82) is 0 Å². The predicted molar refractivity (Wildman–Crippen MR) is 122 cm³/mol. The first kappa shape index (κ1) is 19.8. The van der Waals surface area contributed by atoms with E-state index in [0.717, 1.165) is 40.4 Å². The van der Waals surface area contributed by atoms with Crippen LogP contribution in [0.5, 0.6) is 0 Å². The highest BCUT2D eigenvalue weighted by Gasteiger charge is 2.22. The Morgan fingerprint density at radius 1 is 1.00 bits per heavy atom. The van der Waals surface area contributed by atoms with Crippen molar-refractivity contribution in [2.24, 2.45) is 5.92 Å². The maximum absolute atomic E-state index is 12.4. The number of hydrogen-bond acceptors (Lipinski definition) is 4. The summed E-state index contributed by atoms with van der Waals surface area (Å²) < 4.78 is 1.77. The predicted octanol–water partition coefficient (Wildman–Crippen LogP) is 6.22. The quantitative estimate of drug-likeness (QED) is 0.421. The molecule has 1 saturated carbocycles. The third-order valence-electron chi connectivity index (χ3n) is 4.97. The molecule has 8 heteroatoms. The fourth-order valence-corrected chi connectivity index (χ4v) is 4.71. The lowest BCUT2D eigenvalue weighted by Gasteiger charge is -2.19. The molecule has 6 nitrogen and oxygen atoms in total. The smallest absolute Gasteiger partial charge is 0.308 e. The van der Waals surface area contributed by atoms with Gasteiger partial charge < -0.3 is 16.0 Å². The zero-order valence-corrected chi connectivity index (χ0v) is 18.1. The fourth-order valence-electron chi connectivity index (χ4n) is 3.48. The van der Waals surface area contributed by atoms with Crippen LogP contribution in [0, 0.1) is 5.92 Å². The third-order valence-corrected chi connectivity index (χ3v) is 6.62. The fraction of sp³-hybridized carbons (Fsp3) is 0.286. The minimum atomic E-state index is -0.336. The van der Waals surface area contributed by atoms with Gasteiger partial charge in [-0.2, -0.15) is 0 Å². The van der Waals surface area contributed by atoms with E-state index in [9.17, 15) is 9.59 Å². The molecule has 0 aliphatic heterocycles. The maximum Gasteiger partial charge on any atom is 0.323 e. The number of nitrogens with one attached hydrogen (secondary N) is 3. The number of benzene rings is 2. The number of carbonyl (C=O) groups is 2. The summed E-state index contributed by atoms with van der Waals surface area (Å²) in [5.41, 5.74) is 2.07. The van der Waals surface area contributed by atoms with Gasteiger partial charge in [-0.15, -0.1) is 0 Å². The molecule has 1 aliphatic rings. The minimum absolute atomic E-state index is 0.0647. The number of aromatic nitrogens is 1. The Kier molecular flexibility index (Phi) is 6.10. The highest BCUT2D eigenvalue weighted by atomic mass is 79.9. The first-order valence-corrected chi connectivity index (χ1v) is 11.2. The van der Waals surface area contributed by atoms with Crippen LogP contribution in [-0.2, 0) is 4.79 Å². The first-order valence-electron chi connectivity index (χ1n) is 9.62. The van der Waals surface area contributed by atoms with Crippen molar-refractivity contribution in [1.82, 2.24) is 4.98 Å². The molecule has 1 heterocycles. The second kappa shape index (κ2) is 8.92. The van der Waals surface area contributed by atoms with Crippen LogP contribution in [-0.4, -0.2) is 16.9 Å². The van der Waals surface area contributed by atoms with Crippen LogP contribution in [0.15, 0.2) is 46.9 Å². The summed E-state index contributed by atoms with van der Waals surface area (Å²) in [5, 5.41) is 9.19. The number of hydrogen-bond donors (Lipinski definition) is 3. The molecule has 2 aromatic carbocycles. The lowest BCUT2D eigenvalue weighted by molar-refractivity contribution is -0.120. The number of nitrogens with zero attached hydrogens (tertiary/aromatic N) is 1. The van der Waals surface area contributed by atoms with Gasteiger partial charge in [-0.1, -0.05) is 42.7 Å². The van der Waals surface area contributed by atoms with Crippen LogP contribution in [0.4, 0.5) is 21.3 Å². The number of halogens is 1. The van der Waals surface area contributed by atoms with Gasteiger partial charge in [-0.05, 0) is 59.1 Å². The van der Waals surface area contributed by atoms with Gasteiger partial charge in [0, 0.05) is 16.1 Å². The Hall–Kier alpha value is -2.45. The zero-order valence-electron chi connectivity index (χ0n) is 15.7. The summed E-state index contributed by atoms with van der Waals surface area (Å²) >= 11 is 4.85. The summed E-state index contributed by atoms with van der Waals surface area (Å²) in [6.07, 6.45) is 5.37. The number of thiazole rings is 1. The van der Waals surface area contributed by atoms with Crippen molar-refractivity contribution in [2.75, 3.05) is 16.0 Å². The molecule has 150 valence electrons. The average molecular weight is 473 g/mol. The summed E-state index contributed by atoms with van der Waals surface area (Å²) in [7, 11) is 0. The number of rotatable bonds is 4. The molecule has 1 aliphatic carbocycles. The Labute approximate surface area is 181 Å². The van der Waals surface area contributed by atoms with Crippen molar-refractivity contribution < 1.29 is 9.59 Å². The van der Waals surface area contributed by atoms with E-state index in [2.05, 4.69) is 36.9 Å². The molecule has 0 bridgehead atoms. The van der Waals surface area contributed by atoms with Crippen LogP contribution in [0.3, 0.4) is 0 Å². The monoisotopic (exact) mass is 472 g/mol. The molecule has 0 atom stereocenters. The van der Waals surface area contributed by atoms with E-state index in [1.54, 1.807) is 0 Å². The molecule has 0 spiro atoms. The summed E-state index contributed by atoms with van der Waals surface area (Å²) in [5.74, 6) is 0.156. The van der Waals surface area contributed by atoms with Crippen LogP contribution >= 0.6 is 27.3 Å². The molecule has 0 saturated heterocycles. The second-order valence-corrected chi connectivity index (χ2v) is 8.97. The van der Waals surface area contributed by atoms with Crippen LogP contribution < -0.4 is 16.0 Å². The number of para-hydroxylation sites is 1. The topological polar surface area (TPSA) is 83.1 Å². The molecule has 3 N–H and O–H groups in total. The van der Waals surface area contributed by atoms with Gasteiger partial charge in [-0.3, -0.25) is 4.79 Å². The van der Waals surface area contributed by atoms with Gasteiger partial charge >= 0.3 is 6.03 Å². The van der Waals surface area contributed by atoms with Gasteiger partial charge in [0.2, 0.25) is 5.91 Å². The molecular weight excluding hydrogens is 452 g/mol. The Morgan fingerprint density at radius 3 is 2.59 bits per heavy atom. The van der Waals surface area contributed by atoms with E-state index in [1.165, 1.54) is 17.8 Å². The lowest BCUT2D eigenvalue weighted by atomic mass is 9.89. The summed E-state index contributed by atoms with van der Waals surface area (Å²) in [6.45, 7) is 0. The Bertz CT molecular complexity index is 1050. The number of anilines is 3. The van der Waals surface area contributed by atoms with Gasteiger partial charge in [-0.25, -0.2) is 9.78 Å². The highest BCUT2D eigenvalue weighted by molar-refractivity contribution is 9.10. The SMILES string of the molecule is O=C(Nc1ccc2sc(NC(=O)C3CCCCC3)nc2c1)Nc1ccccc1Br. The lowest BCUT2D eigenvalue weighted by Crippen LogP contribution is -2.24. The Balaban J connectivity index is 1.42. The number of fused-ring (bicyclic) bond motifs is 1. The largest absolute Gasteiger partial charge is 0.323 e. The van der Waals surface area contributed by atoms with E-state index in [4.69, 9.17) is 0 Å². The molecular formula is C21H21BrN4O2S. The molecule has 29 heavy (non-hydrogen) atoms. The van der Waals surface area contributed by atoms with E-state index >= 15 is 0 Å². The normalized spacial score (nSPS) is 14.5. The van der Waals surface area contributed by atoms with Crippen molar-refractivity contribution in [3.8, 4) is 0 Å². The standard InChI is InChI=1S/C21H21BrN4O2S/c22-15-8-4-5-9-16(15)24-20(28)23-14-10-11-18-17(12-14)25-21(29-18)26-19(27)13-6-2-1-3-7-13/h4-5,8-13H,1-3,6-7H2,(H2,23,24,28)(H,25,26,27). The minimum Gasteiger partial charge on any atom is -0.308 e. The van der Waals surface area contributed by atoms with E-state index in [-0.39, 0.29) is 17.9 Å². The molecule has 0 radical (unpaired) electrons. The van der Waals surface area contributed by atoms with E-state index < -0.39 is 0 Å². The second-order valence-electron chi connectivity index (χ2n) is 7.08. The molecule has 0 unspecified atom stereocenters. The summed E-state index contributed by atoms with van der Waals surface area (Å²) in [6, 6.07) is 12.6. The highest BCUT2D eigenvalue weighted by Crippen LogP contribution is 2.30. The van der Waals surface area contributed by atoms with Crippen molar-refractivity contribution in [2.45, 2.75) is 32.1 Å². The molecule has 3 amide bonds. The van der Waals surface area contributed by atoms with Crippen molar-refractivity contribution in [3.63, 3.8) is 0 Å². The zero-order chi connectivity index (χ0) is 20.2. The number of urea groups is 1. The van der Waals surface area contributed by atoms with Gasteiger partial charge in [0.25, 0.3) is 0 Å². The molecule has 1 aromatic heterocycles. The molecule has 1 fully saturated rings. The number of carbonyl (C=O) groups excluding carboxylic acids is 2. The van der Waals surface area contributed by atoms with Crippen LogP contribution in [0.1, 0.15) is 32.1 Å². The van der Waals surface area contributed by atoms with Crippen molar-refractivity contribution >= 4 is 65.9 Å². The van der Waals surface area contributed by atoms with E-state index in [0.29, 0.717) is 16.5 Å².